The number of nitrogens with two attached hydrogens (primary N) is 1. The number of rotatable bonds is 2. The molecule has 0 saturated heterocycles. The van der Waals surface area contributed by atoms with E-state index in [0.29, 0.717) is 6.42 Å². The van der Waals surface area contributed by atoms with E-state index in [1.54, 1.807) is 12.3 Å². The molecule has 2 aromatic heterocycles. The van der Waals surface area contributed by atoms with Crippen LogP contribution in [0.4, 0.5) is 0 Å². The number of nitrogens with zero attached hydrogens (tertiary/aromatic N) is 2. The number of aryl methyl sites for hydroxylation is 1. The molecule has 22 heavy (non-hydrogen) atoms. The summed E-state index contributed by atoms with van der Waals surface area (Å²) in [5.74, 6) is -0.357. The minimum Gasteiger partial charge on any atom is -0.364 e. The summed E-state index contributed by atoms with van der Waals surface area (Å²) in [6.45, 7) is 6.19. The van der Waals surface area contributed by atoms with Crippen molar-refractivity contribution in [1.82, 2.24) is 9.55 Å². The number of ketones is 1. The Bertz CT molecular complexity index is 770. The summed E-state index contributed by atoms with van der Waals surface area (Å²) in [6, 6.07) is 5.36. The lowest BCUT2D eigenvalue weighted by Gasteiger charge is -2.29. The Hall–Kier alpha value is -2.43. The molecule has 0 spiro atoms. The van der Waals surface area contributed by atoms with Crippen LogP contribution in [0, 0.1) is 12.3 Å². The lowest BCUT2D eigenvalue weighted by molar-refractivity contribution is 0.0910. The number of Topliss-reactive ketones (excluding diaryl/α,β-unsaturated/α-hetero) is 1. The maximum absolute atomic E-state index is 12.4. The Morgan fingerprint density at radius 1 is 1.32 bits per heavy atom. The average Bonchev–Trinajstić information content (AvgIpc) is 2.74. The van der Waals surface area contributed by atoms with E-state index in [-0.39, 0.29) is 16.9 Å². The molecule has 2 heterocycles. The summed E-state index contributed by atoms with van der Waals surface area (Å²) < 4.78 is 2.05. The summed E-state index contributed by atoms with van der Waals surface area (Å²) in [4.78, 5) is 27.6. The molecule has 0 radical (unpaired) electrons. The number of primary amides is 1. The maximum atomic E-state index is 12.4. The molecular formula is C17H19N3O2. The molecule has 5 nitrogen and oxygen atoms in total. The fourth-order valence-corrected chi connectivity index (χ4v) is 3.17. The minimum absolute atomic E-state index is 0.0484. The van der Waals surface area contributed by atoms with Crippen molar-refractivity contribution in [3.8, 4) is 5.69 Å². The number of hydrogen-bond acceptors (Lipinski definition) is 3. The van der Waals surface area contributed by atoms with Crippen molar-refractivity contribution in [2.24, 2.45) is 11.1 Å². The molecule has 0 aliphatic heterocycles. The molecule has 3 rings (SSSR count). The van der Waals surface area contributed by atoms with Gasteiger partial charge >= 0.3 is 0 Å². The van der Waals surface area contributed by atoms with Crippen molar-refractivity contribution < 1.29 is 9.59 Å². The van der Waals surface area contributed by atoms with Gasteiger partial charge in [-0.05, 0) is 37.0 Å². The first-order valence-corrected chi connectivity index (χ1v) is 7.29. The number of fused-ring (bicyclic) bond motifs is 1. The zero-order valence-corrected chi connectivity index (χ0v) is 13.0. The molecule has 0 fully saturated rings. The second-order valence-electron chi connectivity index (χ2n) is 6.69. The van der Waals surface area contributed by atoms with E-state index in [4.69, 9.17) is 5.73 Å². The van der Waals surface area contributed by atoms with E-state index in [1.165, 1.54) is 0 Å². The number of pyridine rings is 1. The zero-order valence-electron chi connectivity index (χ0n) is 13.0. The highest BCUT2D eigenvalue weighted by atomic mass is 16.1. The fourth-order valence-electron chi connectivity index (χ4n) is 3.17. The maximum Gasteiger partial charge on any atom is 0.267 e. The van der Waals surface area contributed by atoms with Gasteiger partial charge in [-0.15, -0.1) is 0 Å². The Morgan fingerprint density at radius 2 is 2.05 bits per heavy atom. The lowest BCUT2D eigenvalue weighted by atomic mass is 9.76. The average molecular weight is 297 g/mol. The van der Waals surface area contributed by atoms with Gasteiger partial charge in [-0.1, -0.05) is 13.8 Å². The van der Waals surface area contributed by atoms with Gasteiger partial charge in [0.25, 0.3) is 5.91 Å². The fraction of sp³-hybridized carbons (Fsp3) is 0.353. The highest BCUT2D eigenvalue weighted by Gasteiger charge is 2.34. The third-order valence-corrected chi connectivity index (χ3v) is 4.13. The zero-order chi connectivity index (χ0) is 16.1. The summed E-state index contributed by atoms with van der Waals surface area (Å²) in [7, 11) is 0. The quantitative estimate of drug-likeness (QED) is 0.924. The van der Waals surface area contributed by atoms with Crippen LogP contribution in [0.1, 0.15) is 52.5 Å². The van der Waals surface area contributed by atoms with E-state index in [2.05, 4.69) is 18.8 Å². The van der Waals surface area contributed by atoms with Crippen LogP contribution in [0.25, 0.3) is 5.69 Å². The molecule has 0 saturated carbocycles. The van der Waals surface area contributed by atoms with Crippen LogP contribution >= 0.6 is 0 Å². The third-order valence-electron chi connectivity index (χ3n) is 4.13. The Kier molecular flexibility index (Phi) is 3.16. The van der Waals surface area contributed by atoms with E-state index >= 15 is 0 Å². The van der Waals surface area contributed by atoms with E-state index in [9.17, 15) is 9.59 Å². The number of carbonyl (C=O) groups excluding carboxylic acids is 2. The highest BCUT2D eigenvalue weighted by molar-refractivity contribution is 5.99. The Balaban J connectivity index is 2.12. The summed E-state index contributed by atoms with van der Waals surface area (Å²) in [5, 5.41) is 0. The molecule has 1 aliphatic carbocycles. The predicted molar refractivity (Wildman–Crippen MR) is 83.3 cm³/mol. The van der Waals surface area contributed by atoms with Gasteiger partial charge in [0.2, 0.25) is 0 Å². The predicted octanol–water partition coefficient (Wildman–Crippen LogP) is 2.43. The second kappa shape index (κ2) is 4.80. The standard InChI is InChI=1S/C17H19N3O2/c1-10-6-12-14(7-17(2,3)8-15(12)21)20(10)11-4-5-13(16(18)22)19-9-11/h4-6,9H,7-8H2,1-3H3,(H2,18,22). The van der Waals surface area contributed by atoms with Crippen LogP contribution in [0.15, 0.2) is 24.4 Å². The van der Waals surface area contributed by atoms with Crippen molar-refractivity contribution >= 4 is 11.7 Å². The van der Waals surface area contributed by atoms with Gasteiger partial charge in [0.15, 0.2) is 5.78 Å². The van der Waals surface area contributed by atoms with Crippen LogP contribution in [0.5, 0.6) is 0 Å². The largest absolute Gasteiger partial charge is 0.364 e. The van der Waals surface area contributed by atoms with Crippen molar-refractivity contribution in [3.05, 3.63) is 47.0 Å². The first-order valence-electron chi connectivity index (χ1n) is 7.29. The smallest absolute Gasteiger partial charge is 0.267 e. The van der Waals surface area contributed by atoms with Crippen molar-refractivity contribution in [3.63, 3.8) is 0 Å². The molecule has 0 atom stereocenters. The topological polar surface area (TPSA) is 78.0 Å². The normalized spacial score (nSPS) is 16.4. The van der Waals surface area contributed by atoms with E-state index in [1.807, 2.05) is 23.6 Å². The molecule has 2 N–H and O–H groups in total. The van der Waals surface area contributed by atoms with Gasteiger partial charge in [-0.3, -0.25) is 9.59 Å². The molecule has 0 unspecified atom stereocenters. The van der Waals surface area contributed by atoms with Gasteiger partial charge in [0, 0.05) is 23.4 Å². The van der Waals surface area contributed by atoms with Gasteiger partial charge in [0.05, 0.1) is 11.9 Å². The van der Waals surface area contributed by atoms with Crippen LogP contribution in [0.3, 0.4) is 0 Å². The van der Waals surface area contributed by atoms with Crippen molar-refractivity contribution in [2.45, 2.75) is 33.6 Å². The van der Waals surface area contributed by atoms with E-state index in [0.717, 1.165) is 29.1 Å². The second-order valence-corrected chi connectivity index (χ2v) is 6.69. The molecule has 1 aliphatic rings. The highest BCUT2D eigenvalue weighted by Crippen LogP contribution is 2.37. The Morgan fingerprint density at radius 3 is 2.64 bits per heavy atom. The molecule has 2 aromatic rings. The summed E-state index contributed by atoms with van der Waals surface area (Å²) in [6.07, 6.45) is 3.03. The van der Waals surface area contributed by atoms with Crippen LogP contribution in [-0.2, 0) is 6.42 Å². The SMILES string of the molecule is Cc1cc2c(n1-c1ccc(C(N)=O)nc1)CC(C)(C)CC2=O. The van der Waals surface area contributed by atoms with Crippen molar-refractivity contribution in [2.75, 3.05) is 0 Å². The number of aromatic nitrogens is 2. The first kappa shape index (κ1) is 14.5. The summed E-state index contributed by atoms with van der Waals surface area (Å²) in [5.41, 5.74) is 9.07. The van der Waals surface area contributed by atoms with Gasteiger partial charge in [-0.2, -0.15) is 0 Å². The van der Waals surface area contributed by atoms with Crippen LogP contribution < -0.4 is 5.73 Å². The molecule has 5 heteroatoms. The monoisotopic (exact) mass is 297 g/mol. The minimum atomic E-state index is -0.547. The third kappa shape index (κ3) is 2.32. The summed E-state index contributed by atoms with van der Waals surface area (Å²) >= 11 is 0. The molecule has 0 aromatic carbocycles. The van der Waals surface area contributed by atoms with Gasteiger partial charge in [0.1, 0.15) is 5.69 Å². The van der Waals surface area contributed by atoms with Crippen molar-refractivity contribution in [1.29, 1.82) is 0 Å². The molecule has 1 amide bonds. The van der Waals surface area contributed by atoms with Gasteiger partial charge < -0.3 is 10.3 Å². The van der Waals surface area contributed by atoms with E-state index < -0.39 is 5.91 Å². The number of hydrogen-bond donors (Lipinski definition) is 1. The van der Waals surface area contributed by atoms with Gasteiger partial charge in [-0.25, -0.2) is 4.98 Å². The molecule has 114 valence electrons. The van der Waals surface area contributed by atoms with Crippen LogP contribution in [-0.4, -0.2) is 21.2 Å². The molecular weight excluding hydrogens is 278 g/mol. The lowest BCUT2D eigenvalue weighted by Crippen LogP contribution is -2.27. The van der Waals surface area contributed by atoms with Crippen LogP contribution in [0.2, 0.25) is 0 Å². The Labute approximate surface area is 129 Å². The molecule has 0 bridgehead atoms. The first-order chi connectivity index (χ1) is 10.3. The number of amides is 1. The number of carbonyl (C=O) groups is 2.